The van der Waals surface area contributed by atoms with Crippen molar-refractivity contribution >= 4 is 0 Å². The monoisotopic (exact) mass is 164 g/mol. The van der Waals surface area contributed by atoms with E-state index >= 15 is 0 Å². The Balaban J connectivity index is 3.12. The molecule has 1 aromatic heterocycles. The van der Waals surface area contributed by atoms with Gasteiger partial charge in [0, 0.05) is 6.07 Å². The predicted molar refractivity (Wildman–Crippen MR) is 42.7 cm³/mol. The minimum Gasteiger partial charge on any atom is -0.490 e. The lowest BCUT2D eigenvalue weighted by Crippen LogP contribution is -2.47. The van der Waals surface area contributed by atoms with Gasteiger partial charge in [0.1, 0.15) is 6.42 Å². The maximum Gasteiger partial charge on any atom is 0.266 e. The molecule has 0 aliphatic rings. The normalized spacial score (nSPS) is 9.00. The maximum atomic E-state index is 8.49. The molecule has 0 radical (unpaired) electrons. The van der Waals surface area contributed by atoms with Gasteiger partial charge in [0.05, 0.1) is 13.2 Å². The lowest BCUT2D eigenvalue weighted by molar-refractivity contribution is -0.646. The molecule has 1 aromatic rings. The van der Waals surface area contributed by atoms with Gasteiger partial charge in [-0.05, 0) is 6.07 Å². The zero-order chi connectivity index (χ0) is 8.97. The fourth-order valence-electron chi connectivity index (χ4n) is 0.976. The van der Waals surface area contributed by atoms with Crippen LogP contribution >= 0.6 is 0 Å². The zero-order valence-electron chi connectivity index (χ0n) is 6.82. The van der Waals surface area contributed by atoms with Crippen LogP contribution in [0.25, 0.3) is 0 Å². The van der Waals surface area contributed by atoms with Crippen LogP contribution in [0, 0.1) is 11.3 Å². The minimum atomic E-state index is 0.251. The van der Waals surface area contributed by atoms with E-state index in [0.29, 0.717) is 11.4 Å². The van der Waals surface area contributed by atoms with E-state index in [-0.39, 0.29) is 6.42 Å². The van der Waals surface area contributed by atoms with Crippen molar-refractivity contribution in [2.45, 2.75) is 6.42 Å². The first-order chi connectivity index (χ1) is 5.79. The van der Waals surface area contributed by atoms with Crippen molar-refractivity contribution in [2.75, 3.05) is 13.0 Å². The SMILES string of the molecule is COc1ccc[n+](N)c1CC#N. The van der Waals surface area contributed by atoms with Crippen molar-refractivity contribution in [3.8, 4) is 11.8 Å². The zero-order valence-corrected chi connectivity index (χ0v) is 6.82. The van der Waals surface area contributed by atoms with Crippen LogP contribution in [0.1, 0.15) is 5.69 Å². The molecule has 0 saturated carbocycles. The van der Waals surface area contributed by atoms with Crippen molar-refractivity contribution in [3.63, 3.8) is 0 Å². The van der Waals surface area contributed by atoms with Gasteiger partial charge in [0.2, 0.25) is 0 Å². The Bertz CT molecular complexity index is 317. The molecule has 0 unspecified atom stereocenters. The van der Waals surface area contributed by atoms with Crippen molar-refractivity contribution < 1.29 is 9.41 Å². The van der Waals surface area contributed by atoms with Gasteiger partial charge in [-0.1, -0.05) is 4.68 Å². The molecule has 0 fully saturated rings. The first-order valence-corrected chi connectivity index (χ1v) is 3.49. The third-order valence-electron chi connectivity index (χ3n) is 1.56. The summed E-state index contributed by atoms with van der Waals surface area (Å²) < 4.78 is 6.42. The second-order valence-corrected chi connectivity index (χ2v) is 2.27. The van der Waals surface area contributed by atoms with E-state index in [4.69, 9.17) is 15.8 Å². The van der Waals surface area contributed by atoms with Gasteiger partial charge in [0.25, 0.3) is 5.69 Å². The van der Waals surface area contributed by atoms with E-state index in [1.165, 1.54) is 4.68 Å². The highest BCUT2D eigenvalue weighted by Crippen LogP contribution is 2.12. The molecule has 1 heterocycles. The summed E-state index contributed by atoms with van der Waals surface area (Å²) in [6, 6.07) is 5.56. The molecular weight excluding hydrogens is 154 g/mol. The third-order valence-corrected chi connectivity index (χ3v) is 1.56. The van der Waals surface area contributed by atoms with Crippen LogP contribution in [-0.4, -0.2) is 7.11 Å². The summed E-state index contributed by atoms with van der Waals surface area (Å²) in [5.74, 6) is 6.21. The highest BCUT2D eigenvalue weighted by Gasteiger charge is 2.13. The number of pyridine rings is 1. The van der Waals surface area contributed by atoms with Crippen LogP contribution in [0.5, 0.6) is 5.75 Å². The van der Waals surface area contributed by atoms with Crippen molar-refractivity contribution in [2.24, 2.45) is 0 Å². The first-order valence-electron chi connectivity index (χ1n) is 3.49. The number of nitrogen functional groups attached to an aromatic ring is 1. The summed E-state index contributed by atoms with van der Waals surface area (Å²) in [7, 11) is 1.55. The number of nitriles is 1. The van der Waals surface area contributed by atoms with E-state index in [1.807, 2.05) is 6.07 Å². The van der Waals surface area contributed by atoms with Crippen LogP contribution in [0.15, 0.2) is 18.3 Å². The molecule has 0 saturated heterocycles. The van der Waals surface area contributed by atoms with Crippen LogP contribution in [0.3, 0.4) is 0 Å². The summed E-state index contributed by atoms with van der Waals surface area (Å²) in [4.78, 5) is 0. The highest BCUT2D eigenvalue weighted by atomic mass is 16.5. The number of aromatic nitrogens is 1. The molecule has 0 aromatic carbocycles. The van der Waals surface area contributed by atoms with E-state index in [0.717, 1.165) is 0 Å². The Kier molecular flexibility index (Phi) is 2.49. The van der Waals surface area contributed by atoms with Crippen LogP contribution < -0.4 is 15.3 Å². The molecule has 0 amide bonds. The highest BCUT2D eigenvalue weighted by molar-refractivity contribution is 5.25. The molecule has 0 atom stereocenters. The van der Waals surface area contributed by atoms with Crippen molar-refractivity contribution in [1.82, 2.24) is 0 Å². The maximum absolute atomic E-state index is 8.49. The third kappa shape index (κ3) is 1.45. The average molecular weight is 164 g/mol. The van der Waals surface area contributed by atoms with Crippen LogP contribution in [-0.2, 0) is 6.42 Å². The number of methoxy groups -OCH3 is 1. The van der Waals surface area contributed by atoms with Gasteiger partial charge in [-0.25, -0.2) is 5.84 Å². The topological polar surface area (TPSA) is 62.9 Å². The Morgan fingerprint density at radius 2 is 2.50 bits per heavy atom. The first kappa shape index (κ1) is 8.34. The number of ether oxygens (including phenoxy) is 1. The molecule has 1 rings (SSSR count). The molecule has 2 N–H and O–H groups in total. The number of nitrogens with two attached hydrogens (primary N) is 1. The molecule has 0 bridgehead atoms. The van der Waals surface area contributed by atoms with Gasteiger partial charge < -0.3 is 4.74 Å². The molecule has 62 valence electrons. The second kappa shape index (κ2) is 3.58. The van der Waals surface area contributed by atoms with Crippen LogP contribution in [0.2, 0.25) is 0 Å². The standard InChI is InChI=1S/C8H10N3O/c1-12-8-3-2-6-11(10)7(8)4-5-9/h2-3,6H,4,10H2,1H3/q+1. The molecular formula is C8H10N3O+. The van der Waals surface area contributed by atoms with Crippen molar-refractivity contribution in [1.29, 1.82) is 5.26 Å². The van der Waals surface area contributed by atoms with E-state index in [2.05, 4.69) is 0 Å². The fraction of sp³-hybridized carbons (Fsp3) is 0.250. The Hall–Kier alpha value is -1.76. The van der Waals surface area contributed by atoms with E-state index < -0.39 is 0 Å². The molecule has 12 heavy (non-hydrogen) atoms. The average Bonchev–Trinajstić information content (AvgIpc) is 2.09. The molecule has 0 spiro atoms. The van der Waals surface area contributed by atoms with Crippen LogP contribution in [0.4, 0.5) is 0 Å². The Morgan fingerprint density at radius 1 is 1.75 bits per heavy atom. The lowest BCUT2D eigenvalue weighted by atomic mass is 10.2. The second-order valence-electron chi connectivity index (χ2n) is 2.27. The predicted octanol–water partition coefficient (Wildman–Crippen LogP) is -0.237. The number of hydrogen-bond donors (Lipinski definition) is 1. The van der Waals surface area contributed by atoms with Gasteiger partial charge in [-0.15, -0.1) is 0 Å². The molecule has 0 aliphatic heterocycles. The molecule has 4 nitrogen and oxygen atoms in total. The number of hydrogen-bond acceptors (Lipinski definition) is 3. The number of nitrogens with zero attached hydrogens (tertiary/aromatic N) is 2. The fourth-order valence-corrected chi connectivity index (χ4v) is 0.976. The summed E-state index contributed by atoms with van der Waals surface area (Å²) in [5.41, 5.74) is 0.683. The lowest BCUT2D eigenvalue weighted by Gasteiger charge is -2.00. The largest absolute Gasteiger partial charge is 0.490 e. The van der Waals surface area contributed by atoms with Gasteiger partial charge in [-0.2, -0.15) is 5.26 Å². The Labute approximate surface area is 70.8 Å². The van der Waals surface area contributed by atoms with Crippen molar-refractivity contribution in [3.05, 3.63) is 24.0 Å². The summed E-state index contributed by atoms with van der Waals surface area (Å²) in [5, 5.41) is 8.49. The Morgan fingerprint density at radius 3 is 3.08 bits per heavy atom. The smallest absolute Gasteiger partial charge is 0.266 e. The minimum absolute atomic E-state index is 0.251. The molecule has 0 aliphatic carbocycles. The van der Waals surface area contributed by atoms with Gasteiger partial charge in [-0.3, -0.25) is 0 Å². The summed E-state index contributed by atoms with van der Waals surface area (Å²) in [6.45, 7) is 0. The molecule has 4 heteroatoms. The van der Waals surface area contributed by atoms with Gasteiger partial charge in [0.15, 0.2) is 11.9 Å². The van der Waals surface area contributed by atoms with E-state index in [9.17, 15) is 0 Å². The number of rotatable bonds is 2. The quantitative estimate of drug-likeness (QED) is 0.484. The van der Waals surface area contributed by atoms with E-state index in [1.54, 1.807) is 25.4 Å². The summed E-state index contributed by atoms with van der Waals surface area (Å²) >= 11 is 0. The van der Waals surface area contributed by atoms with Gasteiger partial charge >= 0.3 is 0 Å². The summed E-state index contributed by atoms with van der Waals surface area (Å²) in [6.07, 6.45) is 1.93.